The van der Waals surface area contributed by atoms with E-state index in [1.165, 1.54) is 0 Å². The van der Waals surface area contributed by atoms with E-state index in [4.69, 9.17) is 9.84 Å². The number of phenols is 3. The van der Waals surface area contributed by atoms with Crippen molar-refractivity contribution < 1.29 is 24.9 Å². The maximum atomic E-state index is 11.5. The highest BCUT2D eigenvalue weighted by Crippen LogP contribution is 2.35. The van der Waals surface area contributed by atoms with Crippen LogP contribution in [-0.2, 0) is 4.74 Å². The van der Waals surface area contributed by atoms with Crippen LogP contribution in [0.2, 0.25) is 0 Å². The van der Waals surface area contributed by atoms with Crippen LogP contribution in [-0.4, -0.2) is 27.9 Å². The first-order valence-electron chi connectivity index (χ1n) is 5.09. The van der Waals surface area contributed by atoms with Gasteiger partial charge in [-0.3, -0.25) is 0 Å². The lowest BCUT2D eigenvalue weighted by atomic mass is 10.2. The minimum absolute atomic E-state index is 0.0172. The summed E-state index contributed by atoms with van der Waals surface area (Å²) in [5.74, 6) is -2.46. The predicted molar refractivity (Wildman–Crippen MR) is 61.1 cm³/mol. The number of carbonyl (C=O) groups excluding carboxylic acids is 1. The van der Waals surface area contributed by atoms with Crippen LogP contribution in [0.3, 0.4) is 0 Å². The van der Waals surface area contributed by atoms with Gasteiger partial charge in [0.25, 0.3) is 0 Å². The molecular formula is C12H14O5. The van der Waals surface area contributed by atoms with Gasteiger partial charge in [-0.25, -0.2) is 4.79 Å². The second-order valence-corrected chi connectivity index (χ2v) is 3.43. The van der Waals surface area contributed by atoms with Crippen molar-refractivity contribution in [1.29, 1.82) is 0 Å². The van der Waals surface area contributed by atoms with Crippen molar-refractivity contribution in [3.63, 3.8) is 0 Å². The van der Waals surface area contributed by atoms with Gasteiger partial charge in [0, 0.05) is 0 Å². The summed E-state index contributed by atoms with van der Waals surface area (Å²) < 4.78 is 4.89. The van der Waals surface area contributed by atoms with E-state index in [1.54, 1.807) is 6.08 Å². The van der Waals surface area contributed by atoms with Gasteiger partial charge in [-0.2, -0.15) is 0 Å². The molecule has 0 unspecified atom stereocenters. The number of ether oxygens (including phenoxy) is 1. The predicted octanol–water partition coefficient (Wildman–Crippen LogP) is 1.93. The monoisotopic (exact) mass is 238 g/mol. The fourth-order valence-electron chi connectivity index (χ4n) is 1.20. The lowest BCUT2D eigenvalue weighted by Crippen LogP contribution is -2.06. The standard InChI is InChI=1S/C12H14O5/c1-2-3-4-5-17-12(16)8-6-9(13)11(15)10(14)7-8/h2,6-7,13-15H,1,3-5H2. The number of carbonyl (C=O) groups is 1. The first-order chi connectivity index (χ1) is 8.06. The molecule has 0 saturated heterocycles. The Labute approximate surface area is 98.6 Å². The summed E-state index contributed by atoms with van der Waals surface area (Å²) in [5.41, 5.74) is -0.0172. The summed E-state index contributed by atoms with van der Waals surface area (Å²) >= 11 is 0. The van der Waals surface area contributed by atoms with Gasteiger partial charge in [0.2, 0.25) is 0 Å². The Morgan fingerprint density at radius 1 is 1.29 bits per heavy atom. The van der Waals surface area contributed by atoms with E-state index in [1.807, 2.05) is 0 Å². The van der Waals surface area contributed by atoms with Crippen LogP contribution in [0.15, 0.2) is 24.8 Å². The highest BCUT2D eigenvalue weighted by atomic mass is 16.5. The van der Waals surface area contributed by atoms with E-state index >= 15 is 0 Å². The number of hydrogen-bond acceptors (Lipinski definition) is 5. The molecule has 17 heavy (non-hydrogen) atoms. The van der Waals surface area contributed by atoms with Gasteiger partial charge in [0.05, 0.1) is 12.2 Å². The van der Waals surface area contributed by atoms with Gasteiger partial charge < -0.3 is 20.1 Å². The molecule has 1 aromatic carbocycles. The third-order valence-corrected chi connectivity index (χ3v) is 2.09. The van der Waals surface area contributed by atoms with Crippen molar-refractivity contribution in [2.45, 2.75) is 12.8 Å². The first-order valence-corrected chi connectivity index (χ1v) is 5.09. The van der Waals surface area contributed by atoms with Crippen LogP contribution in [0.5, 0.6) is 17.2 Å². The summed E-state index contributed by atoms with van der Waals surface area (Å²) in [6.07, 6.45) is 3.11. The molecule has 0 heterocycles. The summed E-state index contributed by atoms with van der Waals surface area (Å²) in [4.78, 5) is 11.5. The Hall–Kier alpha value is -2.17. The quantitative estimate of drug-likeness (QED) is 0.316. The molecule has 0 aliphatic rings. The Morgan fingerprint density at radius 2 is 1.88 bits per heavy atom. The molecule has 0 radical (unpaired) electrons. The Balaban J connectivity index is 2.66. The topological polar surface area (TPSA) is 87.0 Å². The van der Waals surface area contributed by atoms with E-state index in [9.17, 15) is 15.0 Å². The lowest BCUT2D eigenvalue weighted by molar-refractivity contribution is 0.0500. The molecule has 0 aliphatic carbocycles. The summed E-state index contributed by atoms with van der Waals surface area (Å²) in [6, 6.07) is 2.07. The van der Waals surface area contributed by atoms with Gasteiger partial charge in [-0.15, -0.1) is 6.58 Å². The molecule has 5 heteroatoms. The van der Waals surface area contributed by atoms with Gasteiger partial charge in [-0.1, -0.05) is 6.08 Å². The number of aromatic hydroxyl groups is 3. The number of phenolic OH excluding ortho intramolecular Hbond substituents is 3. The molecule has 0 aliphatic heterocycles. The van der Waals surface area contributed by atoms with Crippen LogP contribution in [0.25, 0.3) is 0 Å². The van der Waals surface area contributed by atoms with Crippen LogP contribution in [0, 0.1) is 0 Å². The van der Waals surface area contributed by atoms with Crippen molar-refractivity contribution in [2.75, 3.05) is 6.61 Å². The molecule has 5 nitrogen and oxygen atoms in total. The number of allylic oxidation sites excluding steroid dienone is 1. The first kappa shape index (κ1) is 12.9. The summed E-state index contributed by atoms with van der Waals surface area (Å²) in [7, 11) is 0. The zero-order chi connectivity index (χ0) is 12.8. The van der Waals surface area contributed by atoms with Crippen molar-refractivity contribution in [3.05, 3.63) is 30.4 Å². The Bertz CT molecular complexity index is 402. The molecule has 0 aromatic heterocycles. The van der Waals surface area contributed by atoms with Crippen LogP contribution < -0.4 is 0 Å². The van der Waals surface area contributed by atoms with Gasteiger partial charge >= 0.3 is 5.97 Å². The summed E-state index contributed by atoms with van der Waals surface area (Å²) in [5, 5.41) is 27.5. The van der Waals surface area contributed by atoms with E-state index < -0.39 is 23.2 Å². The van der Waals surface area contributed by atoms with E-state index in [0.29, 0.717) is 6.42 Å². The van der Waals surface area contributed by atoms with E-state index in [2.05, 4.69) is 6.58 Å². The molecule has 0 bridgehead atoms. The van der Waals surface area contributed by atoms with Crippen LogP contribution >= 0.6 is 0 Å². The summed E-state index contributed by atoms with van der Waals surface area (Å²) in [6.45, 7) is 3.76. The highest BCUT2D eigenvalue weighted by molar-refractivity contribution is 5.91. The maximum absolute atomic E-state index is 11.5. The molecule has 0 fully saturated rings. The Morgan fingerprint density at radius 3 is 2.41 bits per heavy atom. The zero-order valence-corrected chi connectivity index (χ0v) is 9.22. The van der Waals surface area contributed by atoms with E-state index in [0.717, 1.165) is 18.6 Å². The number of benzene rings is 1. The number of unbranched alkanes of at least 4 members (excludes halogenated alkanes) is 1. The molecule has 0 amide bonds. The largest absolute Gasteiger partial charge is 0.504 e. The highest BCUT2D eigenvalue weighted by Gasteiger charge is 2.14. The average molecular weight is 238 g/mol. The molecule has 0 spiro atoms. The molecule has 0 saturated carbocycles. The smallest absolute Gasteiger partial charge is 0.338 e. The van der Waals surface area contributed by atoms with Gasteiger partial charge in [-0.05, 0) is 25.0 Å². The SMILES string of the molecule is C=CCCCOC(=O)c1cc(O)c(O)c(O)c1. The minimum atomic E-state index is -0.667. The number of rotatable bonds is 5. The lowest BCUT2D eigenvalue weighted by Gasteiger charge is -2.06. The number of esters is 1. The normalized spacial score (nSPS) is 9.88. The van der Waals surface area contributed by atoms with Crippen molar-refractivity contribution >= 4 is 5.97 Å². The second-order valence-electron chi connectivity index (χ2n) is 3.43. The van der Waals surface area contributed by atoms with Crippen LogP contribution in [0.1, 0.15) is 23.2 Å². The zero-order valence-electron chi connectivity index (χ0n) is 9.22. The molecular weight excluding hydrogens is 224 g/mol. The van der Waals surface area contributed by atoms with Crippen molar-refractivity contribution in [1.82, 2.24) is 0 Å². The van der Waals surface area contributed by atoms with Gasteiger partial charge in [0.1, 0.15) is 0 Å². The fraction of sp³-hybridized carbons (Fsp3) is 0.250. The van der Waals surface area contributed by atoms with Crippen molar-refractivity contribution in [3.8, 4) is 17.2 Å². The van der Waals surface area contributed by atoms with Gasteiger partial charge in [0.15, 0.2) is 17.2 Å². The average Bonchev–Trinajstić information content (AvgIpc) is 2.30. The van der Waals surface area contributed by atoms with E-state index in [-0.39, 0.29) is 12.2 Å². The minimum Gasteiger partial charge on any atom is -0.504 e. The maximum Gasteiger partial charge on any atom is 0.338 e. The van der Waals surface area contributed by atoms with Crippen molar-refractivity contribution in [2.24, 2.45) is 0 Å². The molecule has 92 valence electrons. The molecule has 1 rings (SSSR count). The van der Waals surface area contributed by atoms with Crippen LogP contribution in [0.4, 0.5) is 0 Å². The molecule has 0 atom stereocenters. The molecule has 1 aromatic rings. The third kappa shape index (κ3) is 3.41. The fourth-order valence-corrected chi connectivity index (χ4v) is 1.20. The molecule has 3 N–H and O–H groups in total. The Kier molecular flexibility index (Phi) is 4.39. The number of hydrogen-bond donors (Lipinski definition) is 3. The second kappa shape index (κ2) is 5.79. The third-order valence-electron chi connectivity index (χ3n) is 2.09.